The van der Waals surface area contributed by atoms with Gasteiger partial charge in [0.25, 0.3) is 0 Å². The zero-order chi connectivity index (χ0) is 11.5. The van der Waals surface area contributed by atoms with Crippen LogP contribution in [0.4, 0.5) is 4.39 Å². The van der Waals surface area contributed by atoms with Crippen LogP contribution in [-0.2, 0) is 5.75 Å². The third-order valence-electron chi connectivity index (χ3n) is 2.80. The summed E-state index contributed by atoms with van der Waals surface area (Å²) in [5.41, 5.74) is 1.88. The number of thioether (sulfide) groups is 1. The number of halogens is 1. The van der Waals surface area contributed by atoms with Crippen LogP contribution in [0.5, 0.6) is 5.75 Å². The predicted octanol–water partition coefficient (Wildman–Crippen LogP) is 2.73. The first-order valence-corrected chi connectivity index (χ1v) is 6.59. The lowest BCUT2D eigenvalue weighted by Gasteiger charge is -2.26. The zero-order valence-corrected chi connectivity index (χ0v) is 10.4. The Morgan fingerprint density at radius 1 is 1.56 bits per heavy atom. The molecule has 0 saturated heterocycles. The first-order chi connectivity index (χ1) is 7.76. The summed E-state index contributed by atoms with van der Waals surface area (Å²) in [5, 5.41) is 3.38. The monoisotopic (exact) mass is 241 g/mol. The van der Waals surface area contributed by atoms with Crippen molar-refractivity contribution in [1.82, 2.24) is 5.32 Å². The number of ether oxygens (including phenoxy) is 1. The number of fused-ring (bicyclic) bond motifs is 1. The quantitative estimate of drug-likeness (QED) is 0.879. The summed E-state index contributed by atoms with van der Waals surface area (Å²) in [7, 11) is 1.57. The molecule has 1 aliphatic heterocycles. The van der Waals surface area contributed by atoms with Gasteiger partial charge >= 0.3 is 0 Å². The first kappa shape index (κ1) is 11.7. The van der Waals surface area contributed by atoms with Crippen molar-refractivity contribution >= 4 is 11.8 Å². The van der Waals surface area contributed by atoms with Crippen molar-refractivity contribution in [1.29, 1.82) is 0 Å². The van der Waals surface area contributed by atoms with Crippen molar-refractivity contribution in [3.05, 3.63) is 29.1 Å². The van der Waals surface area contributed by atoms with Gasteiger partial charge in [0.1, 0.15) is 11.6 Å². The van der Waals surface area contributed by atoms with Gasteiger partial charge in [-0.1, -0.05) is 6.92 Å². The zero-order valence-electron chi connectivity index (χ0n) is 9.55. The molecule has 16 heavy (non-hydrogen) atoms. The molecule has 0 radical (unpaired) electrons. The van der Waals surface area contributed by atoms with Gasteiger partial charge in [-0.25, -0.2) is 4.39 Å². The Hall–Kier alpha value is -0.740. The van der Waals surface area contributed by atoms with E-state index in [1.807, 2.05) is 6.07 Å². The molecule has 88 valence electrons. The van der Waals surface area contributed by atoms with Crippen molar-refractivity contribution in [2.24, 2.45) is 0 Å². The van der Waals surface area contributed by atoms with Crippen LogP contribution in [0.25, 0.3) is 0 Å². The van der Waals surface area contributed by atoms with E-state index >= 15 is 0 Å². The van der Waals surface area contributed by atoms with E-state index in [1.54, 1.807) is 18.9 Å². The normalized spacial score (nSPS) is 19.3. The smallest absolute Gasteiger partial charge is 0.131 e. The number of nitrogens with one attached hydrogen (secondary N) is 1. The molecule has 0 fully saturated rings. The molecule has 0 aromatic heterocycles. The Labute approximate surface area is 99.6 Å². The van der Waals surface area contributed by atoms with Gasteiger partial charge in [-0.05, 0) is 18.2 Å². The second-order valence-corrected chi connectivity index (χ2v) is 4.83. The van der Waals surface area contributed by atoms with Gasteiger partial charge in [0.05, 0.1) is 7.11 Å². The highest BCUT2D eigenvalue weighted by atomic mass is 32.2. The van der Waals surface area contributed by atoms with Crippen LogP contribution >= 0.6 is 11.8 Å². The van der Waals surface area contributed by atoms with E-state index in [9.17, 15) is 4.39 Å². The molecular weight excluding hydrogens is 225 g/mol. The Morgan fingerprint density at radius 2 is 2.38 bits per heavy atom. The fourth-order valence-corrected chi connectivity index (χ4v) is 3.16. The van der Waals surface area contributed by atoms with E-state index in [1.165, 1.54) is 6.07 Å². The van der Waals surface area contributed by atoms with Crippen LogP contribution in [0.3, 0.4) is 0 Å². The van der Waals surface area contributed by atoms with Crippen LogP contribution in [-0.4, -0.2) is 19.4 Å². The SMILES string of the molecule is CCNC1CSCc2c(F)cc(OC)cc21. The maximum absolute atomic E-state index is 13.8. The van der Waals surface area contributed by atoms with Crippen molar-refractivity contribution in [2.75, 3.05) is 19.4 Å². The number of methoxy groups -OCH3 is 1. The van der Waals surface area contributed by atoms with E-state index in [-0.39, 0.29) is 11.9 Å². The maximum atomic E-state index is 13.8. The second kappa shape index (κ2) is 5.06. The highest BCUT2D eigenvalue weighted by Gasteiger charge is 2.23. The summed E-state index contributed by atoms with van der Waals surface area (Å²) in [6, 6.07) is 3.66. The van der Waals surface area contributed by atoms with Gasteiger partial charge in [0.15, 0.2) is 0 Å². The number of benzene rings is 1. The maximum Gasteiger partial charge on any atom is 0.131 e. The molecule has 0 bridgehead atoms. The lowest BCUT2D eigenvalue weighted by molar-refractivity contribution is 0.408. The molecule has 1 heterocycles. The van der Waals surface area contributed by atoms with Crippen molar-refractivity contribution in [3.8, 4) is 5.75 Å². The molecule has 1 N–H and O–H groups in total. The lowest BCUT2D eigenvalue weighted by Crippen LogP contribution is -2.26. The minimum absolute atomic E-state index is 0.149. The van der Waals surface area contributed by atoms with Gasteiger partial charge in [-0.15, -0.1) is 0 Å². The topological polar surface area (TPSA) is 21.3 Å². The summed E-state index contributed by atoms with van der Waals surface area (Å²) in [5.74, 6) is 2.20. The molecule has 1 unspecified atom stereocenters. The largest absolute Gasteiger partial charge is 0.497 e. The number of hydrogen-bond donors (Lipinski definition) is 1. The molecule has 1 atom stereocenters. The molecule has 0 spiro atoms. The highest BCUT2D eigenvalue weighted by molar-refractivity contribution is 7.98. The summed E-state index contributed by atoms with van der Waals surface area (Å²) >= 11 is 1.77. The molecule has 1 aliphatic rings. The second-order valence-electron chi connectivity index (χ2n) is 3.80. The Morgan fingerprint density at radius 3 is 3.06 bits per heavy atom. The van der Waals surface area contributed by atoms with Gasteiger partial charge < -0.3 is 10.1 Å². The molecule has 4 heteroatoms. The van der Waals surface area contributed by atoms with E-state index < -0.39 is 0 Å². The van der Waals surface area contributed by atoms with Crippen LogP contribution < -0.4 is 10.1 Å². The summed E-state index contributed by atoms with van der Waals surface area (Å²) in [6.07, 6.45) is 0. The third-order valence-corrected chi connectivity index (χ3v) is 3.86. The molecule has 2 nitrogen and oxygen atoms in total. The number of rotatable bonds is 3. The van der Waals surface area contributed by atoms with E-state index in [4.69, 9.17) is 4.74 Å². The van der Waals surface area contributed by atoms with Gasteiger partial charge in [0, 0.05) is 29.2 Å². The average Bonchev–Trinajstić information content (AvgIpc) is 2.30. The van der Waals surface area contributed by atoms with Crippen LogP contribution in [0.15, 0.2) is 12.1 Å². The highest BCUT2D eigenvalue weighted by Crippen LogP contribution is 2.35. The van der Waals surface area contributed by atoms with Crippen LogP contribution in [0.2, 0.25) is 0 Å². The predicted molar refractivity (Wildman–Crippen MR) is 65.5 cm³/mol. The Kier molecular flexibility index (Phi) is 3.71. The molecule has 0 saturated carbocycles. The Balaban J connectivity index is 2.41. The van der Waals surface area contributed by atoms with E-state index in [2.05, 4.69) is 12.2 Å². The van der Waals surface area contributed by atoms with Crippen molar-refractivity contribution in [2.45, 2.75) is 18.7 Å². The standard InChI is InChI=1S/C12H16FNOS/c1-3-14-12-7-16-6-10-9(12)4-8(15-2)5-11(10)13/h4-5,12,14H,3,6-7H2,1-2H3. The van der Waals surface area contributed by atoms with Gasteiger partial charge in [-0.3, -0.25) is 0 Å². The molecule has 0 aliphatic carbocycles. The fourth-order valence-electron chi connectivity index (χ4n) is 2.00. The van der Waals surface area contributed by atoms with Crippen molar-refractivity contribution in [3.63, 3.8) is 0 Å². The van der Waals surface area contributed by atoms with Gasteiger partial charge in [0.2, 0.25) is 0 Å². The minimum atomic E-state index is -0.149. The summed E-state index contributed by atoms with van der Waals surface area (Å²) < 4.78 is 18.9. The molecule has 2 rings (SSSR count). The molecule has 1 aromatic rings. The first-order valence-electron chi connectivity index (χ1n) is 5.43. The average molecular weight is 241 g/mol. The van der Waals surface area contributed by atoms with E-state index in [0.717, 1.165) is 29.2 Å². The Bertz CT molecular complexity index is 384. The van der Waals surface area contributed by atoms with Crippen LogP contribution in [0, 0.1) is 5.82 Å². The van der Waals surface area contributed by atoms with Gasteiger partial charge in [-0.2, -0.15) is 11.8 Å². The third kappa shape index (κ3) is 2.18. The molecule has 0 amide bonds. The summed E-state index contributed by atoms with van der Waals surface area (Å²) in [4.78, 5) is 0. The van der Waals surface area contributed by atoms with Crippen LogP contribution in [0.1, 0.15) is 24.1 Å². The summed E-state index contributed by atoms with van der Waals surface area (Å²) in [6.45, 7) is 2.96. The molecular formula is C12H16FNOS. The van der Waals surface area contributed by atoms with E-state index in [0.29, 0.717) is 5.75 Å². The lowest BCUT2D eigenvalue weighted by atomic mass is 10.0. The number of hydrogen-bond acceptors (Lipinski definition) is 3. The fraction of sp³-hybridized carbons (Fsp3) is 0.500. The molecule has 1 aromatic carbocycles. The minimum Gasteiger partial charge on any atom is -0.497 e. The van der Waals surface area contributed by atoms with Crippen molar-refractivity contribution < 1.29 is 9.13 Å².